The highest BCUT2D eigenvalue weighted by Gasteiger charge is 2.21. The van der Waals surface area contributed by atoms with Gasteiger partial charge in [-0.15, -0.1) is 11.3 Å². The number of hydrogen-bond acceptors (Lipinski definition) is 6. The molecule has 0 unspecified atom stereocenters. The maximum absolute atomic E-state index is 12.1. The quantitative estimate of drug-likeness (QED) is 0.281. The first-order valence-electron chi connectivity index (χ1n) is 8.84. The van der Waals surface area contributed by atoms with Crippen molar-refractivity contribution in [1.82, 2.24) is 0 Å². The van der Waals surface area contributed by atoms with E-state index >= 15 is 0 Å². The molecule has 1 heterocycles. The maximum atomic E-state index is 12.1. The monoisotopic (exact) mass is 433 g/mol. The number of thiophene rings is 1. The van der Waals surface area contributed by atoms with Gasteiger partial charge in [-0.3, -0.25) is 4.79 Å². The van der Waals surface area contributed by atoms with E-state index in [0.29, 0.717) is 19.6 Å². The van der Waals surface area contributed by atoms with Crippen LogP contribution in [0.1, 0.15) is 50.8 Å². The van der Waals surface area contributed by atoms with Crippen LogP contribution in [0, 0.1) is 0 Å². The lowest BCUT2D eigenvalue weighted by molar-refractivity contribution is -0.145. The Morgan fingerprint density at radius 2 is 1.92 bits per heavy atom. The molecule has 0 aliphatic carbocycles. The van der Waals surface area contributed by atoms with Gasteiger partial charge in [0.25, 0.3) is 0 Å². The number of carbonyl (C=O) groups excluding carboxylic acids is 2. The minimum atomic E-state index is -0.538. The molecule has 1 aromatic heterocycles. The summed E-state index contributed by atoms with van der Waals surface area (Å²) in [6.45, 7) is 4.21. The molecule has 0 bridgehead atoms. The predicted octanol–water partition coefficient (Wildman–Crippen LogP) is 4.54. The number of anilines is 1. The molecule has 7 heteroatoms. The van der Waals surface area contributed by atoms with E-state index in [2.05, 4.69) is 27.3 Å². The largest absolute Gasteiger partial charge is 0.466 e. The van der Waals surface area contributed by atoms with Crippen molar-refractivity contribution in [1.29, 1.82) is 0 Å². The van der Waals surface area contributed by atoms with Crippen molar-refractivity contribution in [3.8, 4) is 0 Å². The molecule has 1 N–H and O–H groups in total. The summed E-state index contributed by atoms with van der Waals surface area (Å²) in [4.78, 5) is 25.0. The molecule has 5 nitrogen and oxygen atoms in total. The van der Waals surface area contributed by atoms with Crippen LogP contribution in [-0.4, -0.2) is 36.5 Å². The first-order valence-corrected chi connectivity index (χ1v) is 10.8. The zero-order valence-electron chi connectivity index (χ0n) is 15.0. The summed E-state index contributed by atoms with van der Waals surface area (Å²) in [7, 11) is 0. The van der Waals surface area contributed by atoms with Gasteiger partial charge < -0.3 is 14.8 Å². The third-order valence-electron chi connectivity index (χ3n) is 3.55. The number of ether oxygens (including phenoxy) is 2. The SMILES string of the molecule is CCOC(=O)CC[C@H](Nc1ccc(CCCCCBr)s1)C(=O)OCC. The van der Waals surface area contributed by atoms with Crippen LogP contribution < -0.4 is 5.32 Å². The van der Waals surface area contributed by atoms with Gasteiger partial charge in [0.2, 0.25) is 0 Å². The first kappa shape index (κ1) is 22.0. The Morgan fingerprint density at radius 1 is 1.16 bits per heavy atom. The lowest BCUT2D eigenvalue weighted by atomic mass is 10.1. The molecule has 0 radical (unpaired) electrons. The van der Waals surface area contributed by atoms with Crippen LogP contribution in [0.4, 0.5) is 5.00 Å². The predicted molar refractivity (Wildman–Crippen MR) is 106 cm³/mol. The van der Waals surface area contributed by atoms with E-state index in [4.69, 9.17) is 9.47 Å². The Bertz CT molecular complexity index is 521. The first-order chi connectivity index (χ1) is 12.1. The molecule has 0 spiro atoms. The second-order valence-electron chi connectivity index (χ2n) is 5.56. The molecular weight excluding hydrogens is 406 g/mol. The smallest absolute Gasteiger partial charge is 0.328 e. The summed E-state index contributed by atoms with van der Waals surface area (Å²) >= 11 is 5.10. The van der Waals surface area contributed by atoms with Crippen LogP contribution in [0.15, 0.2) is 12.1 Å². The van der Waals surface area contributed by atoms with Crippen LogP contribution in [0.5, 0.6) is 0 Å². The molecule has 0 aliphatic rings. The fourth-order valence-corrected chi connectivity index (χ4v) is 3.72. The van der Waals surface area contributed by atoms with E-state index in [-0.39, 0.29) is 18.4 Å². The number of esters is 2. The lowest BCUT2D eigenvalue weighted by Crippen LogP contribution is -2.32. The fraction of sp³-hybridized carbons (Fsp3) is 0.667. The summed E-state index contributed by atoms with van der Waals surface area (Å²) in [6.07, 6.45) is 5.15. The average molecular weight is 434 g/mol. The van der Waals surface area contributed by atoms with Crippen LogP contribution in [0.3, 0.4) is 0 Å². The standard InChI is InChI=1S/C18H28BrNO4S/c1-3-23-17(21)12-10-15(18(22)24-4-2)20-16-11-9-14(25-16)8-6-5-7-13-19/h9,11,15,20H,3-8,10,12-13H2,1-2H3/t15-/m0/s1. The molecule has 142 valence electrons. The molecule has 1 atom stereocenters. The summed E-state index contributed by atoms with van der Waals surface area (Å²) in [5, 5.41) is 5.19. The minimum absolute atomic E-state index is 0.190. The van der Waals surface area contributed by atoms with Crippen LogP contribution in [-0.2, 0) is 25.5 Å². The molecule has 1 aromatic rings. The molecule has 0 aromatic carbocycles. The van der Waals surface area contributed by atoms with Crippen molar-refractivity contribution in [3.63, 3.8) is 0 Å². The number of unbranched alkanes of at least 4 members (excludes halogenated alkanes) is 2. The van der Waals surface area contributed by atoms with Gasteiger partial charge >= 0.3 is 11.9 Å². The molecule has 1 rings (SSSR count). The van der Waals surface area contributed by atoms with Gasteiger partial charge in [0.1, 0.15) is 6.04 Å². The van der Waals surface area contributed by atoms with E-state index < -0.39 is 6.04 Å². The average Bonchev–Trinajstić information content (AvgIpc) is 3.03. The van der Waals surface area contributed by atoms with Crippen LogP contribution in [0.2, 0.25) is 0 Å². The number of aryl methyl sites for hydroxylation is 1. The molecule has 0 saturated heterocycles. The van der Waals surface area contributed by atoms with Crippen molar-refractivity contribution in [2.75, 3.05) is 23.9 Å². The van der Waals surface area contributed by atoms with Gasteiger partial charge in [-0.25, -0.2) is 4.79 Å². The number of alkyl halides is 1. The van der Waals surface area contributed by atoms with Gasteiger partial charge in [0.15, 0.2) is 0 Å². The highest BCUT2D eigenvalue weighted by Crippen LogP contribution is 2.25. The number of carbonyl (C=O) groups is 2. The van der Waals surface area contributed by atoms with Gasteiger partial charge in [-0.05, 0) is 51.7 Å². The Kier molecular flexibility index (Phi) is 11.6. The molecule has 0 amide bonds. The molecule has 0 fully saturated rings. The summed E-state index contributed by atoms with van der Waals surface area (Å²) in [5.74, 6) is -0.628. The molecule has 0 saturated carbocycles. The lowest BCUT2D eigenvalue weighted by Gasteiger charge is -2.16. The molecular formula is C18H28BrNO4S. The zero-order valence-corrected chi connectivity index (χ0v) is 17.4. The Labute approximate surface area is 162 Å². The fourth-order valence-electron chi connectivity index (χ4n) is 2.32. The van der Waals surface area contributed by atoms with Gasteiger partial charge in [-0.1, -0.05) is 22.4 Å². The minimum Gasteiger partial charge on any atom is -0.466 e. The highest BCUT2D eigenvalue weighted by molar-refractivity contribution is 9.09. The zero-order chi connectivity index (χ0) is 18.5. The molecule has 25 heavy (non-hydrogen) atoms. The topological polar surface area (TPSA) is 64.6 Å². The van der Waals surface area contributed by atoms with Crippen molar-refractivity contribution < 1.29 is 19.1 Å². The van der Waals surface area contributed by atoms with E-state index in [1.54, 1.807) is 25.2 Å². The van der Waals surface area contributed by atoms with E-state index in [1.807, 2.05) is 6.07 Å². The van der Waals surface area contributed by atoms with Gasteiger partial charge in [0.05, 0.1) is 18.2 Å². The number of nitrogens with one attached hydrogen (secondary N) is 1. The van der Waals surface area contributed by atoms with E-state index in [0.717, 1.165) is 23.2 Å². The highest BCUT2D eigenvalue weighted by atomic mass is 79.9. The molecule has 0 aliphatic heterocycles. The second kappa shape index (κ2) is 13.2. The normalized spacial score (nSPS) is 11.8. The van der Waals surface area contributed by atoms with Gasteiger partial charge in [0, 0.05) is 16.6 Å². The van der Waals surface area contributed by atoms with Crippen LogP contribution >= 0.6 is 27.3 Å². The number of rotatable bonds is 13. The number of hydrogen-bond donors (Lipinski definition) is 1. The Morgan fingerprint density at radius 3 is 2.60 bits per heavy atom. The third kappa shape index (κ3) is 9.26. The maximum Gasteiger partial charge on any atom is 0.328 e. The van der Waals surface area contributed by atoms with E-state index in [9.17, 15) is 9.59 Å². The number of halogens is 1. The van der Waals surface area contributed by atoms with E-state index in [1.165, 1.54) is 17.7 Å². The summed E-state index contributed by atoms with van der Waals surface area (Å²) in [5.41, 5.74) is 0. The van der Waals surface area contributed by atoms with Crippen molar-refractivity contribution >= 4 is 44.2 Å². The Balaban J connectivity index is 2.56. The van der Waals surface area contributed by atoms with Crippen LogP contribution in [0.25, 0.3) is 0 Å². The third-order valence-corrected chi connectivity index (χ3v) is 5.19. The van der Waals surface area contributed by atoms with Crippen molar-refractivity contribution in [2.24, 2.45) is 0 Å². The summed E-state index contributed by atoms with van der Waals surface area (Å²) in [6, 6.07) is 3.54. The Hall–Kier alpha value is -1.08. The van der Waals surface area contributed by atoms with Crippen molar-refractivity contribution in [3.05, 3.63) is 17.0 Å². The van der Waals surface area contributed by atoms with Gasteiger partial charge in [-0.2, -0.15) is 0 Å². The second-order valence-corrected chi connectivity index (χ2v) is 7.52. The van der Waals surface area contributed by atoms with Crippen molar-refractivity contribution in [2.45, 2.75) is 58.4 Å². The summed E-state index contributed by atoms with van der Waals surface area (Å²) < 4.78 is 10.0.